The molecular weight excluding hydrogens is 304 g/mol. The van der Waals surface area contributed by atoms with Crippen LogP contribution in [-0.4, -0.2) is 19.7 Å². The van der Waals surface area contributed by atoms with Gasteiger partial charge in [-0.3, -0.25) is 4.68 Å². The molecule has 0 atom stereocenters. The number of H-pyrrole nitrogens is 1. The standard InChI is InChI=1S/C14H15BrN4/c1-3-10-8-13(19(4-2)18-10)14-16-11-6-5-9(15)7-12(11)17-14/h5-8H,3-4H2,1-2H3,(H,16,17). The minimum Gasteiger partial charge on any atom is -0.337 e. The van der Waals surface area contributed by atoms with E-state index in [-0.39, 0.29) is 0 Å². The van der Waals surface area contributed by atoms with Crippen molar-refractivity contribution >= 4 is 27.0 Å². The van der Waals surface area contributed by atoms with Gasteiger partial charge >= 0.3 is 0 Å². The highest BCUT2D eigenvalue weighted by atomic mass is 79.9. The molecular formula is C14H15BrN4. The Balaban J connectivity index is 2.15. The zero-order valence-corrected chi connectivity index (χ0v) is 12.5. The summed E-state index contributed by atoms with van der Waals surface area (Å²) in [4.78, 5) is 8.01. The lowest BCUT2D eigenvalue weighted by Gasteiger charge is -2.00. The van der Waals surface area contributed by atoms with E-state index in [2.05, 4.69) is 50.9 Å². The Morgan fingerprint density at radius 1 is 1.26 bits per heavy atom. The Bertz CT molecular complexity index is 726. The Morgan fingerprint density at radius 2 is 2.11 bits per heavy atom. The summed E-state index contributed by atoms with van der Waals surface area (Å²) in [5, 5.41) is 4.56. The van der Waals surface area contributed by atoms with Gasteiger partial charge in [-0.25, -0.2) is 4.98 Å². The van der Waals surface area contributed by atoms with Crippen LogP contribution in [0.4, 0.5) is 0 Å². The van der Waals surface area contributed by atoms with Gasteiger partial charge in [-0.1, -0.05) is 22.9 Å². The van der Waals surface area contributed by atoms with Crippen molar-refractivity contribution in [2.45, 2.75) is 26.8 Å². The van der Waals surface area contributed by atoms with Crippen LogP contribution in [0.5, 0.6) is 0 Å². The first-order valence-electron chi connectivity index (χ1n) is 6.43. The van der Waals surface area contributed by atoms with E-state index in [4.69, 9.17) is 0 Å². The molecule has 2 aromatic heterocycles. The van der Waals surface area contributed by atoms with Crippen LogP contribution in [0.15, 0.2) is 28.7 Å². The van der Waals surface area contributed by atoms with Gasteiger partial charge in [0.05, 0.1) is 16.7 Å². The van der Waals surface area contributed by atoms with Crippen molar-refractivity contribution in [3.05, 3.63) is 34.4 Å². The summed E-state index contributed by atoms with van der Waals surface area (Å²) in [7, 11) is 0. The second kappa shape index (κ2) is 4.81. The van der Waals surface area contributed by atoms with Gasteiger partial charge in [-0.15, -0.1) is 0 Å². The molecule has 3 aromatic rings. The lowest BCUT2D eigenvalue weighted by molar-refractivity contribution is 0.653. The molecule has 0 unspecified atom stereocenters. The molecule has 0 radical (unpaired) electrons. The molecule has 0 saturated heterocycles. The number of aryl methyl sites for hydroxylation is 2. The van der Waals surface area contributed by atoms with Crippen LogP contribution in [0.3, 0.4) is 0 Å². The second-order valence-electron chi connectivity index (χ2n) is 4.44. The van der Waals surface area contributed by atoms with Crippen LogP contribution in [-0.2, 0) is 13.0 Å². The number of hydrogen-bond acceptors (Lipinski definition) is 2. The average molecular weight is 319 g/mol. The van der Waals surface area contributed by atoms with E-state index in [9.17, 15) is 0 Å². The van der Waals surface area contributed by atoms with Crippen LogP contribution in [0.2, 0.25) is 0 Å². The first-order valence-corrected chi connectivity index (χ1v) is 7.23. The topological polar surface area (TPSA) is 46.5 Å². The first-order chi connectivity index (χ1) is 9.21. The lowest BCUT2D eigenvalue weighted by atomic mass is 10.3. The summed E-state index contributed by atoms with van der Waals surface area (Å²) in [5.41, 5.74) is 4.15. The number of hydrogen-bond donors (Lipinski definition) is 1. The molecule has 0 bridgehead atoms. The van der Waals surface area contributed by atoms with Crippen molar-refractivity contribution in [2.24, 2.45) is 0 Å². The van der Waals surface area contributed by atoms with E-state index in [0.29, 0.717) is 0 Å². The third-order valence-corrected chi connectivity index (χ3v) is 3.67. The van der Waals surface area contributed by atoms with Gasteiger partial charge in [0, 0.05) is 11.0 Å². The summed E-state index contributed by atoms with van der Waals surface area (Å²) >= 11 is 3.48. The molecule has 0 spiro atoms. The maximum Gasteiger partial charge on any atom is 0.156 e. The van der Waals surface area contributed by atoms with Crippen molar-refractivity contribution in [3.63, 3.8) is 0 Å². The number of benzene rings is 1. The van der Waals surface area contributed by atoms with Crippen LogP contribution in [0.1, 0.15) is 19.5 Å². The van der Waals surface area contributed by atoms with Crippen molar-refractivity contribution in [3.8, 4) is 11.5 Å². The molecule has 4 nitrogen and oxygen atoms in total. The van der Waals surface area contributed by atoms with Crippen LogP contribution in [0.25, 0.3) is 22.6 Å². The molecule has 98 valence electrons. The number of rotatable bonds is 3. The maximum absolute atomic E-state index is 4.64. The Kier molecular flexibility index (Phi) is 3.14. The molecule has 0 amide bonds. The van der Waals surface area contributed by atoms with Crippen LogP contribution in [0, 0.1) is 0 Å². The van der Waals surface area contributed by atoms with Crippen molar-refractivity contribution in [1.29, 1.82) is 0 Å². The summed E-state index contributed by atoms with van der Waals surface area (Å²) in [5.74, 6) is 0.877. The van der Waals surface area contributed by atoms with E-state index >= 15 is 0 Å². The summed E-state index contributed by atoms with van der Waals surface area (Å²) in [6, 6.07) is 8.16. The number of aromatic nitrogens is 4. The van der Waals surface area contributed by atoms with Gasteiger partial charge in [0.1, 0.15) is 5.69 Å². The van der Waals surface area contributed by atoms with Crippen molar-refractivity contribution in [2.75, 3.05) is 0 Å². The molecule has 1 N–H and O–H groups in total. The van der Waals surface area contributed by atoms with E-state index in [0.717, 1.165) is 45.7 Å². The Labute approximate surface area is 120 Å². The van der Waals surface area contributed by atoms with Crippen LogP contribution < -0.4 is 0 Å². The maximum atomic E-state index is 4.64. The van der Waals surface area contributed by atoms with E-state index in [1.807, 2.05) is 22.9 Å². The average Bonchev–Trinajstić information content (AvgIpc) is 3.00. The molecule has 1 aromatic carbocycles. The van der Waals surface area contributed by atoms with Crippen molar-refractivity contribution in [1.82, 2.24) is 19.7 Å². The number of fused-ring (bicyclic) bond motifs is 1. The molecule has 0 aliphatic rings. The monoisotopic (exact) mass is 318 g/mol. The van der Waals surface area contributed by atoms with E-state index in [1.165, 1.54) is 0 Å². The molecule has 0 aliphatic heterocycles. The zero-order valence-electron chi connectivity index (χ0n) is 10.9. The molecule has 19 heavy (non-hydrogen) atoms. The third-order valence-electron chi connectivity index (χ3n) is 3.18. The zero-order chi connectivity index (χ0) is 13.4. The molecule has 3 rings (SSSR count). The first kappa shape index (κ1) is 12.4. The molecule has 5 heteroatoms. The molecule has 0 fully saturated rings. The number of aromatic amines is 1. The number of nitrogens with one attached hydrogen (secondary N) is 1. The second-order valence-corrected chi connectivity index (χ2v) is 5.35. The fourth-order valence-electron chi connectivity index (χ4n) is 2.18. The molecule has 0 saturated carbocycles. The van der Waals surface area contributed by atoms with Gasteiger partial charge in [0.2, 0.25) is 0 Å². The normalized spacial score (nSPS) is 11.3. The predicted molar refractivity (Wildman–Crippen MR) is 80.1 cm³/mol. The van der Waals surface area contributed by atoms with Gasteiger partial charge in [0.25, 0.3) is 0 Å². The number of imidazole rings is 1. The van der Waals surface area contributed by atoms with Gasteiger partial charge in [-0.2, -0.15) is 5.10 Å². The third kappa shape index (κ3) is 2.18. The van der Waals surface area contributed by atoms with Gasteiger partial charge in [0.15, 0.2) is 5.82 Å². The minimum atomic E-state index is 0.843. The largest absolute Gasteiger partial charge is 0.337 e. The SMILES string of the molecule is CCc1cc(-c2nc3ccc(Br)cc3[nH]2)n(CC)n1. The number of nitrogens with zero attached hydrogens (tertiary/aromatic N) is 3. The summed E-state index contributed by atoms with van der Waals surface area (Å²) < 4.78 is 3.04. The highest BCUT2D eigenvalue weighted by molar-refractivity contribution is 9.10. The van der Waals surface area contributed by atoms with Crippen molar-refractivity contribution < 1.29 is 0 Å². The fourth-order valence-corrected chi connectivity index (χ4v) is 2.54. The predicted octanol–water partition coefficient (Wildman–Crippen LogP) is 3.77. The van der Waals surface area contributed by atoms with Gasteiger partial charge < -0.3 is 4.98 Å². The number of halogens is 1. The highest BCUT2D eigenvalue weighted by Gasteiger charge is 2.12. The summed E-state index contributed by atoms with van der Waals surface area (Å²) in [6.07, 6.45) is 0.936. The molecule has 2 heterocycles. The van der Waals surface area contributed by atoms with E-state index < -0.39 is 0 Å². The quantitative estimate of drug-likeness (QED) is 0.799. The Hall–Kier alpha value is -1.62. The summed E-state index contributed by atoms with van der Waals surface area (Å²) in [6.45, 7) is 5.05. The molecule has 0 aliphatic carbocycles. The smallest absolute Gasteiger partial charge is 0.156 e. The highest BCUT2D eigenvalue weighted by Crippen LogP contribution is 2.24. The van der Waals surface area contributed by atoms with Gasteiger partial charge in [-0.05, 0) is 37.6 Å². The van der Waals surface area contributed by atoms with E-state index in [1.54, 1.807) is 0 Å². The fraction of sp³-hybridized carbons (Fsp3) is 0.286. The Morgan fingerprint density at radius 3 is 2.84 bits per heavy atom. The lowest BCUT2D eigenvalue weighted by Crippen LogP contribution is -2.00. The van der Waals surface area contributed by atoms with Crippen LogP contribution >= 0.6 is 15.9 Å². The minimum absolute atomic E-state index is 0.843.